The molecule has 0 aliphatic rings. The van der Waals surface area contributed by atoms with Gasteiger partial charge in [0.15, 0.2) is 16.6 Å². The van der Waals surface area contributed by atoms with Gasteiger partial charge >= 0.3 is 0 Å². The predicted octanol–water partition coefficient (Wildman–Crippen LogP) is 4.71. The Kier molecular flexibility index (Phi) is 5.82. The molecule has 0 saturated carbocycles. The third-order valence-electron chi connectivity index (χ3n) is 3.25. The number of rotatable bonds is 6. The molecular weight excluding hydrogens is 316 g/mol. The summed E-state index contributed by atoms with van der Waals surface area (Å²) in [7, 11) is -3.75. The van der Waals surface area contributed by atoms with E-state index in [1.54, 1.807) is 12.4 Å². The van der Waals surface area contributed by atoms with Gasteiger partial charge in [-0.15, -0.1) is 0 Å². The molecule has 5 heteroatoms. The van der Waals surface area contributed by atoms with Gasteiger partial charge in [0.2, 0.25) is 0 Å². The van der Waals surface area contributed by atoms with Crippen molar-refractivity contribution in [2.24, 2.45) is 0 Å². The normalized spacial score (nSPS) is 13.0. The van der Waals surface area contributed by atoms with Crippen LogP contribution in [0.1, 0.15) is 11.1 Å². The van der Waals surface area contributed by atoms with Crippen LogP contribution in [0.25, 0.3) is 12.2 Å². The standard InChI is InChI=1S/C18H24N2OSi2/c1-22(2,13-9-17-7-5-11-19-15-17)21-23(3,4)14-10-18-8-6-12-20-16-18/h5-16H,1-4H3/b13-9+,14-10+. The minimum atomic E-state index is -1.87. The molecule has 0 unspecified atom stereocenters. The van der Waals surface area contributed by atoms with E-state index in [1.165, 1.54) is 0 Å². The molecule has 0 radical (unpaired) electrons. The van der Waals surface area contributed by atoms with Crippen molar-refractivity contribution in [3.05, 3.63) is 71.6 Å². The van der Waals surface area contributed by atoms with Crippen molar-refractivity contribution >= 4 is 28.8 Å². The molecule has 2 rings (SSSR count). The zero-order valence-corrected chi connectivity index (χ0v) is 16.2. The third kappa shape index (κ3) is 6.44. The van der Waals surface area contributed by atoms with Gasteiger partial charge < -0.3 is 4.12 Å². The summed E-state index contributed by atoms with van der Waals surface area (Å²) < 4.78 is 6.53. The molecule has 0 N–H and O–H groups in total. The van der Waals surface area contributed by atoms with Gasteiger partial charge in [0.25, 0.3) is 0 Å². The van der Waals surface area contributed by atoms with Crippen molar-refractivity contribution in [1.82, 2.24) is 9.97 Å². The van der Waals surface area contributed by atoms with Crippen LogP contribution < -0.4 is 0 Å². The van der Waals surface area contributed by atoms with Crippen LogP contribution in [0.4, 0.5) is 0 Å². The first-order valence-corrected chi connectivity index (χ1v) is 13.7. The molecule has 3 nitrogen and oxygen atoms in total. The summed E-state index contributed by atoms with van der Waals surface area (Å²) >= 11 is 0. The van der Waals surface area contributed by atoms with E-state index in [0.717, 1.165) is 11.1 Å². The molecule has 2 aromatic heterocycles. The molecule has 0 bridgehead atoms. The van der Waals surface area contributed by atoms with E-state index < -0.39 is 16.6 Å². The Bertz CT molecular complexity index is 608. The van der Waals surface area contributed by atoms with E-state index in [1.807, 2.05) is 24.5 Å². The summed E-state index contributed by atoms with van der Waals surface area (Å²) in [5.74, 6) is 0. The van der Waals surface area contributed by atoms with Crippen molar-refractivity contribution in [3.63, 3.8) is 0 Å². The summed E-state index contributed by atoms with van der Waals surface area (Å²) in [5, 5.41) is 0. The van der Waals surface area contributed by atoms with E-state index in [4.69, 9.17) is 4.12 Å². The molecule has 120 valence electrons. The van der Waals surface area contributed by atoms with E-state index in [0.29, 0.717) is 0 Å². The Hall–Kier alpha value is -1.83. The van der Waals surface area contributed by atoms with Crippen molar-refractivity contribution in [1.29, 1.82) is 0 Å². The van der Waals surface area contributed by atoms with Crippen LogP contribution in [0.3, 0.4) is 0 Å². The maximum atomic E-state index is 6.53. The minimum absolute atomic E-state index is 1.11. The Morgan fingerprint density at radius 2 is 1.22 bits per heavy atom. The number of hydrogen-bond donors (Lipinski definition) is 0. The average Bonchev–Trinajstić information content (AvgIpc) is 2.52. The van der Waals surface area contributed by atoms with Gasteiger partial charge in [0.1, 0.15) is 0 Å². The Morgan fingerprint density at radius 1 is 0.783 bits per heavy atom. The van der Waals surface area contributed by atoms with Gasteiger partial charge in [-0.1, -0.05) is 35.7 Å². The van der Waals surface area contributed by atoms with Crippen molar-refractivity contribution in [2.45, 2.75) is 26.2 Å². The lowest BCUT2D eigenvalue weighted by molar-refractivity contribution is 0.571. The highest BCUT2D eigenvalue weighted by Crippen LogP contribution is 2.19. The highest BCUT2D eigenvalue weighted by atomic mass is 28.4. The molecule has 0 aliphatic heterocycles. The monoisotopic (exact) mass is 340 g/mol. The maximum Gasteiger partial charge on any atom is 0.198 e. The molecule has 2 aromatic rings. The number of pyridine rings is 2. The van der Waals surface area contributed by atoms with Gasteiger partial charge in [-0.25, -0.2) is 0 Å². The first kappa shape index (κ1) is 17.5. The van der Waals surface area contributed by atoms with Gasteiger partial charge in [0, 0.05) is 24.8 Å². The first-order chi connectivity index (χ1) is 10.9. The van der Waals surface area contributed by atoms with Crippen LogP contribution in [-0.4, -0.2) is 26.6 Å². The lowest BCUT2D eigenvalue weighted by Gasteiger charge is -2.29. The van der Waals surface area contributed by atoms with Crippen LogP contribution in [-0.2, 0) is 4.12 Å². The molecular formula is C18H24N2OSi2. The minimum Gasteiger partial charge on any atom is -0.449 e. The quantitative estimate of drug-likeness (QED) is 0.714. The second kappa shape index (κ2) is 7.63. The van der Waals surface area contributed by atoms with Crippen LogP contribution >= 0.6 is 0 Å². The fourth-order valence-electron chi connectivity index (χ4n) is 2.29. The molecule has 0 aliphatic carbocycles. The summed E-state index contributed by atoms with van der Waals surface area (Å²) in [6.45, 7) is 8.91. The van der Waals surface area contributed by atoms with Gasteiger partial charge in [-0.05, 0) is 49.4 Å². The summed E-state index contributed by atoms with van der Waals surface area (Å²) in [5.41, 5.74) is 6.69. The fourth-order valence-corrected chi connectivity index (χ4v) is 9.44. The third-order valence-corrected chi connectivity index (χ3v) is 9.40. The highest BCUT2D eigenvalue weighted by molar-refractivity contribution is 6.90. The Morgan fingerprint density at radius 3 is 1.57 bits per heavy atom. The summed E-state index contributed by atoms with van der Waals surface area (Å²) in [6.07, 6.45) is 11.5. The molecule has 0 amide bonds. The Labute approximate surface area is 141 Å². The molecule has 0 aromatic carbocycles. The molecule has 0 saturated heterocycles. The lowest BCUT2D eigenvalue weighted by Crippen LogP contribution is -2.42. The predicted molar refractivity (Wildman–Crippen MR) is 103 cm³/mol. The molecule has 0 atom stereocenters. The number of nitrogens with zero attached hydrogens (tertiary/aromatic N) is 2. The average molecular weight is 341 g/mol. The van der Waals surface area contributed by atoms with E-state index in [9.17, 15) is 0 Å². The Balaban J connectivity index is 2.03. The zero-order chi connectivity index (χ0) is 16.8. The SMILES string of the molecule is C[Si](C)(/C=C/c1cccnc1)O[Si](C)(C)/C=C/c1cccnc1. The smallest absolute Gasteiger partial charge is 0.198 e. The molecule has 2 heterocycles. The van der Waals surface area contributed by atoms with E-state index >= 15 is 0 Å². The number of aromatic nitrogens is 2. The fraction of sp³-hybridized carbons (Fsp3) is 0.222. The number of hydrogen-bond acceptors (Lipinski definition) is 3. The second-order valence-electron chi connectivity index (χ2n) is 6.55. The summed E-state index contributed by atoms with van der Waals surface area (Å²) in [4.78, 5) is 8.28. The van der Waals surface area contributed by atoms with Crippen LogP contribution in [0.2, 0.25) is 26.2 Å². The molecule has 23 heavy (non-hydrogen) atoms. The van der Waals surface area contributed by atoms with Crippen LogP contribution in [0, 0.1) is 0 Å². The van der Waals surface area contributed by atoms with Crippen LogP contribution in [0.15, 0.2) is 60.5 Å². The highest BCUT2D eigenvalue weighted by Gasteiger charge is 2.29. The molecule has 0 spiro atoms. The van der Waals surface area contributed by atoms with Crippen molar-refractivity contribution < 1.29 is 4.12 Å². The van der Waals surface area contributed by atoms with Gasteiger partial charge in [-0.2, -0.15) is 0 Å². The van der Waals surface area contributed by atoms with Gasteiger partial charge in [-0.3, -0.25) is 9.97 Å². The second-order valence-corrected chi connectivity index (χ2v) is 14.4. The van der Waals surface area contributed by atoms with Crippen molar-refractivity contribution in [3.8, 4) is 0 Å². The van der Waals surface area contributed by atoms with Crippen molar-refractivity contribution in [2.75, 3.05) is 0 Å². The molecule has 0 fully saturated rings. The largest absolute Gasteiger partial charge is 0.449 e. The maximum absolute atomic E-state index is 6.53. The van der Waals surface area contributed by atoms with Gasteiger partial charge in [0.05, 0.1) is 0 Å². The first-order valence-electron chi connectivity index (χ1n) is 7.75. The lowest BCUT2D eigenvalue weighted by atomic mass is 10.3. The summed E-state index contributed by atoms with van der Waals surface area (Å²) in [6, 6.07) is 8.01. The van der Waals surface area contributed by atoms with E-state index in [-0.39, 0.29) is 0 Å². The zero-order valence-electron chi connectivity index (χ0n) is 14.2. The topological polar surface area (TPSA) is 35.0 Å². The van der Waals surface area contributed by atoms with Crippen LogP contribution in [0.5, 0.6) is 0 Å². The van der Waals surface area contributed by atoms with E-state index in [2.05, 4.69) is 71.8 Å².